The van der Waals surface area contributed by atoms with Crippen LogP contribution in [0.15, 0.2) is 61.3 Å². The number of alkyl halides is 3. The number of nitrogens with one attached hydrogen (secondary N) is 1. The number of hydrogen-bond acceptors (Lipinski definition) is 5. The van der Waals surface area contributed by atoms with Crippen LogP contribution in [0.25, 0.3) is 0 Å². The van der Waals surface area contributed by atoms with Crippen LogP contribution in [-0.2, 0) is 12.7 Å². The molecule has 1 unspecified atom stereocenters. The van der Waals surface area contributed by atoms with E-state index in [1.165, 1.54) is 12.4 Å². The number of nitrogens with zero attached hydrogens (tertiary/aromatic N) is 4. The second-order valence-electron chi connectivity index (χ2n) is 7.64. The molecule has 4 rings (SSSR count). The molecule has 0 aliphatic carbocycles. The van der Waals surface area contributed by atoms with Crippen molar-refractivity contribution < 1.29 is 13.2 Å². The molecule has 1 atom stereocenters. The summed E-state index contributed by atoms with van der Waals surface area (Å²) in [6.07, 6.45) is 3.32. The van der Waals surface area contributed by atoms with Gasteiger partial charge >= 0.3 is 6.18 Å². The number of rotatable bonds is 4. The van der Waals surface area contributed by atoms with E-state index in [4.69, 9.17) is 0 Å². The summed E-state index contributed by atoms with van der Waals surface area (Å²) in [5, 5.41) is 3.55. The maximum absolute atomic E-state index is 12.8. The first-order valence-electron chi connectivity index (χ1n) is 10.3. The zero-order valence-corrected chi connectivity index (χ0v) is 17.3. The van der Waals surface area contributed by atoms with Gasteiger partial charge in [0.05, 0.1) is 11.1 Å². The first-order chi connectivity index (χ1) is 15.5. The molecule has 0 radical (unpaired) electrons. The molecule has 1 saturated heterocycles. The number of halogens is 3. The van der Waals surface area contributed by atoms with E-state index in [9.17, 15) is 13.2 Å². The average Bonchev–Trinajstić information content (AvgIpc) is 2.82. The normalized spacial score (nSPS) is 16.3. The Morgan fingerprint density at radius 1 is 0.969 bits per heavy atom. The Bertz CT molecular complexity index is 1070. The highest BCUT2D eigenvalue weighted by Gasteiger charge is 2.31. The predicted molar refractivity (Wildman–Crippen MR) is 116 cm³/mol. The standard InChI is InChI=1S/C24H22F3N5/c25-24(26,27)21-9-10-23(31-15-21)32-11-1-2-22(16-32)30-14-19-6-3-18(4-7-19)5-8-20-12-28-17-29-13-20/h3-4,6-7,9-10,12-13,15,17,22,30H,1-2,11,14,16H2. The van der Waals surface area contributed by atoms with Crippen LogP contribution in [-0.4, -0.2) is 34.1 Å². The van der Waals surface area contributed by atoms with Crippen molar-refractivity contribution in [2.45, 2.75) is 31.6 Å². The lowest BCUT2D eigenvalue weighted by atomic mass is 10.0. The molecule has 32 heavy (non-hydrogen) atoms. The molecule has 8 heteroatoms. The summed E-state index contributed by atoms with van der Waals surface area (Å²) < 4.78 is 38.3. The van der Waals surface area contributed by atoms with Crippen LogP contribution in [0.5, 0.6) is 0 Å². The van der Waals surface area contributed by atoms with Crippen molar-refractivity contribution in [2.75, 3.05) is 18.0 Å². The first-order valence-corrected chi connectivity index (χ1v) is 10.3. The van der Waals surface area contributed by atoms with Crippen molar-refractivity contribution in [3.63, 3.8) is 0 Å². The van der Waals surface area contributed by atoms with Crippen molar-refractivity contribution in [2.24, 2.45) is 0 Å². The minimum Gasteiger partial charge on any atom is -0.355 e. The third-order valence-corrected chi connectivity index (χ3v) is 5.28. The molecule has 0 amide bonds. The molecule has 164 valence electrons. The van der Waals surface area contributed by atoms with Crippen molar-refractivity contribution in [1.29, 1.82) is 0 Å². The molecule has 1 aliphatic heterocycles. The third-order valence-electron chi connectivity index (χ3n) is 5.28. The Labute approximate surface area is 184 Å². The van der Waals surface area contributed by atoms with E-state index in [2.05, 4.69) is 32.1 Å². The van der Waals surface area contributed by atoms with Crippen LogP contribution in [0, 0.1) is 11.8 Å². The number of hydrogen-bond donors (Lipinski definition) is 1. The van der Waals surface area contributed by atoms with Gasteiger partial charge in [-0.15, -0.1) is 0 Å². The molecule has 3 heterocycles. The van der Waals surface area contributed by atoms with Gasteiger partial charge in [0.2, 0.25) is 0 Å². The van der Waals surface area contributed by atoms with E-state index < -0.39 is 11.7 Å². The zero-order valence-electron chi connectivity index (χ0n) is 17.3. The van der Waals surface area contributed by atoms with Crippen LogP contribution < -0.4 is 10.2 Å². The fourth-order valence-corrected chi connectivity index (χ4v) is 3.57. The number of benzene rings is 1. The summed E-state index contributed by atoms with van der Waals surface area (Å²) in [5.74, 6) is 6.71. The van der Waals surface area contributed by atoms with Gasteiger partial charge in [-0.3, -0.25) is 0 Å². The van der Waals surface area contributed by atoms with Crippen molar-refractivity contribution in [1.82, 2.24) is 20.3 Å². The molecule has 1 aromatic carbocycles. The number of aromatic nitrogens is 3. The fraction of sp³-hybridized carbons (Fsp3) is 0.292. The lowest BCUT2D eigenvalue weighted by Crippen LogP contribution is -2.45. The topological polar surface area (TPSA) is 53.9 Å². The number of anilines is 1. The summed E-state index contributed by atoms with van der Waals surface area (Å²) in [5.41, 5.74) is 2.10. The first kappa shape index (κ1) is 21.8. The molecule has 2 aromatic heterocycles. The molecular weight excluding hydrogens is 415 g/mol. The zero-order chi connectivity index (χ0) is 22.4. The summed E-state index contributed by atoms with van der Waals surface area (Å²) in [6, 6.07) is 10.8. The highest BCUT2D eigenvalue weighted by atomic mass is 19.4. The van der Waals surface area contributed by atoms with E-state index in [-0.39, 0.29) is 6.04 Å². The Morgan fingerprint density at radius 2 is 1.72 bits per heavy atom. The van der Waals surface area contributed by atoms with E-state index >= 15 is 0 Å². The molecule has 1 N–H and O–H groups in total. The molecule has 0 saturated carbocycles. The lowest BCUT2D eigenvalue weighted by Gasteiger charge is -2.34. The molecular formula is C24H22F3N5. The second kappa shape index (κ2) is 9.79. The van der Waals surface area contributed by atoms with E-state index in [0.717, 1.165) is 48.3 Å². The molecule has 0 spiro atoms. The van der Waals surface area contributed by atoms with Gasteiger partial charge in [-0.1, -0.05) is 24.0 Å². The van der Waals surface area contributed by atoms with Gasteiger partial charge in [0.25, 0.3) is 0 Å². The molecule has 1 aliphatic rings. The van der Waals surface area contributed by atoms with Crippen LogP contribution in [0.4, 0.5) is 19.0 Å². The highest BCUT2D eigenvalue weighted by molar-refractivity contribution is 5.42. The van der Waals surface area contributed by atoms with Gasteiger partial charge in [0, 0.05) is 49.8 Å². The summed E-state index contributed by atoms with van der Waals surface area (Å²) in [4.78, 5) is 14.0. The van der Waals surface area contributed by atoms with Gasteiger partial charge in [-0.05, 0) is 42.7 Å². The third kappa shape index (κ3) is 5.83. The monoisotopic (exact) mass is 437 g/mol. The molecule has 1 fully saturated rings. The minimum absolute atomic E-state index is 0.241. The summed E-state index contributed by atoms with van der Waals surface area (Å²) >= 11 is 0. The Hall–Kier alpha value is -3.44. The summed E-state index contributed by atoms with van der Waals surface area (Å²) in [7, 11) is 0. The highest BCUT2D eigenvalue weighted by Crippen LogP contribution is 2.29. The number of piperidine rings is 1. The van der Waals surface area contributed by atoms with Gasteiger partial charge in [-0.25, -0.2) is 15.0 Å². The van der Waals surface area contributed by atoms with Crippen LogP contribution in [0.3, 0.4) is 0 Å². The van der Waals surface area contributed by atoms with Gasteiger partial charge in [-0.2, -0.15) is 13.2 Å². The van der Waals surface area contributed by atoms with Gasteiger partial charge in [0.1, 0.15) is 12.1 Å². The Kier molecular flexibility index (Phi) is 6.66. The molecule has 3 aromatic rings. The number of pyridine rings is 1. The van der Waals surface area contributed by atoms with Crippen LogP contribution >= 0.6 is 0 Å². The van der Waals surface area contributed by atoms with Crippen molar-refractivity contribution >= 4 is 5.82 Å². The summed E-state index contributed by atoms with van der Waals surface area (Å²) in [6.45, 7) is 2.20. The van der Waals surface area contributed by atoms with Crippen LogP contribution in [0.2, 0.25) is 0 Å². The van der Waals surface area contributed by atoms with E-state index in [1.54, 1.807) is 12.4 Å². The minimum atomic E-state index is -4.37. The SMILES string of the molecule is FC(F)(F)c1ccc(N2CCCC(NCc3ccc(C#Cc4cncnc4)cc3)C2)nc1. The Balaban J connectivity index is 1.30. The predicted octanol–water partition coefficient (Wildman–Crippen LogP) is 4.05. The van der Waals surface area contributed by atoms with Gasteiger partial charge < -0.3 is 10.2 Å². The molecule has 0 bridgehead atoms. The lowest BCUT2D eigenvalue weighted by molar-refractivity contribution is -0.137. The van der Waals surface area contributed by atoms with Crippen molar-refractivity contribution in [3.8, 4) is 11.8 Å². The van der Waals surface area contributed by atoms with E-state index in [1.807, 2.05) is 29.2 Å². The quantitative estimate of drug-likeness (QED) is 0.625. The van der Waals surface area contributed by atoms with Gasteiger partial charge in [0.15, 0.2) is 0 Å². The maximum atomic E-state index is 12.8. The maximum Gasteiger partial charge on any atom is 0.417 e. The fourth-order valence-electron chi connectivity index (χ4n) is 3.57. The molecule has 5 nitrogen and oxygen atoms in total. The van der Waals surface area contributed by atoms with Crippen LogP contribution in [0.1, 0.15) is 35.1 Å². The Morgan fingerprint density at radius 3 is 2.41 bits per heavy atom. The second-order valence-corrected chi connectivity index (χ2v) is 7.64. The smallest absolute Gasteiger partial charge is 0.355 e. The largest absolute Gasteiger partial charge is 0.417 e. The van der Waals surface area contributed by atoms with E-state index in [0.29, 0.717) is 18.9 Å². The van der Waals surface area contributed by atoms with Crippen molar-refractivity contribution in [3.05, 3.63) is 83.6 Å². The average molecular weight is 437 g/mol.